The SMILES string of the molecule is CC(Oc1ccc(/C=C/c2ccncc2)cc1)C(=O)O. The molecule has 0 aliphatic heterocycles. The number of hydrogen-bond donors (Lipinski definition) is 1. The molecule has 0 bridgehead atoms. The second-order valence-corrected chi connectivity index (χ2v) is 4.28. The van der Waals surface area contributed by atoms with Crippen LogP contribution in [0, 0.1) is 0 Å². The Morgan fingerprint density at radius 1 is 1.10 bits per heavy atom. The molecule has 102 valence electrons. The van der Waals surface area contributed by atoms with Gasteiger partial charge in [-0.3, -0.25) is 4.98 Å². The molecule has 2 rings (SSSR count). The Hall–Kier alpha value is -2.62. The zero-order valence-corrected chi connectivity index (χ0v) is 11.1. The molecule has 1 N–H and O–H groups in total. The number of carboxylic acids is 1. The van der Waals surface area contributed by atoms with Gasteiger partial charge in [0, 0.05) is 12.4 Å². The van der Waals surface area contributed by atoms with Gasteiger partial charge in [-0.25, -0.2) is 4.79 Å². The summed E-state index contributed by atoms with van der Waals surface area (Å²) in [5, 5.41) is 8.77. The highest BCUT2D eigenvalue weighted by Gasteiger charge is 2.11. The number of aromatic nitrogens is 1. The normalized spacial score (nSPS) is 12.2. The Labute approximate surface area is 117 Å². The zero-order chi connectivity index (χ0) is 14.4. The van der Waals surface area contributed by atoms with Crippen molar-refractivity contribution in [3.63, 3.8) is 0 Å². The van der Waals surface area contributed by atoms with E-state index in [2.05, 4.69) is 4.98 Å². The lowest BCUT2D eigenvalue weighted by Crippen LogP contribution is -2.22. The third-order valence-corrected chi connectivity index (χ3v) is 2.72. The largest absolute Gasteiger partial charge is 0.479 e. The highest BCUT2D eigenvalue weighted by Crippen LogP contribution is 2.15. The molecule has 20 heavy (non-hydrogen) atoms. The van der Waals surface area contributed by atoms with Gasteiger partial charge in [0.1, 0.15) is 5.75 Å². The highest BCUT2D eigenvalue weighted by molar-refractivity contribution is 5.72. The van der Waals surface area contributed by atoms with Crippen LogP contribution in [-0.2, 0) is 4.79 Å². The maximum atomic E-state index is 10.7. The van der Waals surface area contributed by atoms with E-state index >= 15 is 0 Å². The fourth-order valence-electron chi connectivity index (χ4n) is 1.58. The first kappa shape index (κ1) is 13.8. The Kier molecular flexibility index (Phi) is 4.50. The molecular formula is C16H15NO3. The highest BCUT2D eigenvalue weighted by atomic mass is 16.5. The number of nitrogens with zero attached hydrogens (tertiary/aromatic N) is 1. The molecule has 0 aliphatic carbocycles. The first-order valence-electron chi connectivity index (χ1n) is 6.23. The minimum Gasteiger partial charge on any atom is -0.479 e. The van der Waals surface area contributed by atoms with Crippen LogP contribution < -0.4 is 4.74 Å². The van der Waals surface area contributed by atoms with Crippen LogP contribution in [0.25, 0.3) is 12.2 Å². The van der Waals surface area contributed by atoms with Crippen LogP contribution in [0.15, 0.2) is 48.8 Å². The topological polar surface area (TPSA) is 59.4 Å². The van der Waals surface area contributed by atoms with Crippen LogP contribution in [0.4, 0.5) is 0 Å². The fraction of sp³-hybridized carbons (Fsp3) is 0.125. The van der Waals surface area contributed by atoms with Gasteiger partial charge in [-0.15, -0.1) is 0 Å². The number of carboxylic acid groups (broad SMARTS) is 1. The third-order valence-electron chi connectivity index (χ3n) is 2.72. The van der Waals surface area contributed by atoms with Crippen molar-refractivity contribution in [3.05, 3.63) is 59.9 Å². The molecule has 1 heterocycles. The van der Waals surface area contributed by atoms with Crippen molar-refractivity contribution in [2.45, 2.75) is 13.0 Å². The smallest absolute Gasteiger partial charge is 0.344 e. The summed E-state index contributed by atoms with van der Waals surface area (Å²) < 4.78 is 5.26. The van der Waals surface area contributed by atoms with E-state index in [9.17, 15) is 4.79 Å². The average Bonchev–Trinajstić information content (AvgIpc) is 2.47. The molecule has 1 aromatic heterocycles. The lowest BCUT2D eigenvalue weighted by molar-refractivity contribution is -0.144. The monoisotopic (exact) mass is 269 g/mol. The minimum absolute atomic E-state index is 0.543. The maximum absolute atomic E-state index is 10.7. The number of aliphatic carboxylic acids is 1. The molecule has 1 unspecified atom stereocenters. The van der Waals surface area contributed by atoms with Gasteiger partial charge in [-0.2, -0.15) is 0 Å². The van der Waals surface area contributed by atoms with Crippen molar-refractivity contribution in [2.75, 3.05) is 0 Å². The van der Waals surface area contributed by atoms with E-state index in [4.69, 9.17) is 9.84 Å². The molecule has 0 amide bonds. The van der Waals surface area contributed by atoms with Crippen molar-refractivity contribution in [3.8, 4) is 5.75 Å². The van der Waals surface area contributed by atoms with E-state index in [1.807, 2.05) is 36.4 Å². The van der Waals surface area contributed by atoms with Gasteiger partial charge in [-0.05, 0) is 42.3 Å². The van der Waals surface area contributed by atoms with Gasteiger partial charge >= 0.3 is 5.97 Å². The van der Waals surface area contributed by atoms with Crippen LogP contribution in [0.3, 0.4) is 0 Å². The Bertz CT molecular complexity index is 591. The van der Waals surface area contributed by atoms with E-state index in [0.29, 0.717) is 5.75 Å². The van der Waals surface area contributed by atoms with Crippen LogP contribution in [-0.4, -0.2) is 22.2 Å². The Morgan fingerprint density at radius 2 is 1.65 bits per heavy atom. The second kappa shape index (κ2) is 6.52. The molecule has 0 aliphatic rings. The number of ether oxygens (including phenoxy) is 1. The van der Waals surface area contributed by atoms with Crippen molar-refractivity contribution in [1.82, 2.24) is 4.98 Å². The summed E-state index contributed by atoms with van der Waals surface area (Å²) in [7, 11) is 0. The Morgan fingerprint density at radius 3 is 2.20 bits per heavy atom. The molecule has 0 fully saturated rings. The van der Waals surface area contributed by atoms with Gasteiger partial charge in [0.05, 0.1) is 0 Å². The summed E-state index contributed by atoms with van der Waals surface area (Å²) in [6, 6.07) is 11.1. The molecule has 4 heteroatoms. The van der Waals surface area contributed by atoms with Crippen molar-refractivity contribution in [1.29, 1.82) is 0 Å². The minimum atomic E-state index is -0.980. The van der Waals surface area contributed by atoms with E-state index in [1.54, 1.807) is 24.5 Å². The van der Waals surface area contributed by atoms with E-state index < -0.39 is 12.1 Å². The summed E-state index contributed by atoms with van der Waals surface area (Å²) >= 11 is 0. The lowest BCUT2D eigenvalue weighted by atomic mass is 10.1. The van der Waals surface area contributed by atoms with E-state index in [0.717, 1.165) is 11.1 Å². The molecule has 0 spiro atoms. The summed E-state index contributed by atoms with van der Waals surface area (Å²) in [5.41, 5.74) is 2.08. The maximum Gasteiger partial charge on any atom is 0.344 e. The van der Waals surface area contributed by atoms with Gasteiger partial charge in [-0.1, -0.05) is 24.3 Å². The molecule has 0 saturated heterocycles. The van der Waals surface area contributed by atoms with Crippen LogP contribution >= 0.6 is 0 Å². The van der Waals surface area contributed by atoms with Crippen LogP contribution in [0.2, 0.25) is 0 Å². The van der Waals surface area contributed by atoms with E-state index in [1.165, 1.54) is 6.92 Å². The predicted molar refractivity (Wildman–Crippen MR) is 77.3 cm³/mol. The summed E-state index contributed by atoms with van der Waals surface area (Å²) in [4.78, 5) is 14.6. The van der Waals surface area contributed by atoms with Gasteiger partial charge in [0.2, 0.25) is 0 Å². The number of benzene rings is 1. The van der Waals surface area contributed by atoms with E-state index in [-0.39, 0.29) is 0 Å². The third kappa shape index (κ3) is 3.95. The molecule has 1 atom stereocenters. The standard InChI is InChI=1S/C16H15NO3/c1-12(16(18)19)20-15-6-4-13(5-7-15)2-3-14-8-10-17-11-9-14/h2-12H,1H3,(H,18,19)/b3-2+. The molecule has 0 radical (unpaired) electrons. The molecular weight excluding hydrogens is 254 g/mol. The summed E-state index contributed by atoms with van der Waals surface area (Å²) in [6.07, 6.45) is 6.58. The molecule has 1 aromatic carbocycles. The second-order valence-electron chi connectivity index (χ2n) is 4.28. The van der Waals surface area contributed by atoms with Crippen molar-refractivity contribution < 1.29 is 14.6 Å². The summed E-state index contributed by atoms with van der Waals surface area (Å²) in [6.45, 7) is 1.50. The number of carbonyl (C=O) groups is 1. The van der Waals surface area contributed by atoms with Crippen molar-refractivity contribution in [2.24, 2.45) is 0 Å². The lowest BCUT2D eigenvalue weighted by Gasteiger charge is -2.10. The Balaban J connectivity index is 2.02. The molecule has 2 aromatic rings. The van der Waals surface area contributed by atoms with Gasteiger partial charge in [0.15, 0.2) is 6.10 Å². The van der Waals surface area contributed by atoms with Crippen molar-refractivity contribution >= 4 is 18.1 Å². The fourth-order valence-corrected chi connectivity index (χ4v) is 1.58. The molecule has 0 saturated carbocycles. The quantitative estimate of drug-likeness (QED) is 0.906. The summed E-state index contributed by atoms with van der Waals surface area (Å²) in [5.74, 6) is -0.437. The number of hydrogen-bond acceptors (Lipinski definition) is 3. The average molecular weight is 269 g/mol. The van der Waals surface area contributed by atoms with Gasteiger partial charge < -0.3 is 9.84 Å². The first-order valence-corrected chi connectivity index (χ1v) is 6.23. The molecule has 4 nitrogen and oxygen atoms in total. The predicted octanol–water partition coefficient (Wildman–Crippen LogP) is 3.10. The van der Waals surface area contributed by atoms with Gasteiger partial charge in [0.25, 0.3) is 0 Å². The van der Waals surface area contributed by atoms with Crippen LogP contribution in [0.5, 0.6) is 5.75 Å². The first-order chi connectivity index (χ1) is 9.65. The number of pyridine rings is 1. The number of rotatable bonds is 5. The zero-order valence-electron chi connectivity index (χ0n) is 11.1. The van der Waals surface area contributed by atoms with Crippen LogP contribution in [0.1, 0.15) is 18.1 Å².